The Balaban J connectivity index is 2.17. The third-order valence-electron chi connectivity index (χ3n) is 4.42. The summed E-state index contributed by atoms with van der Waals surface area (Å²) in [5.41, 5.74) is 6.16. The molecule has 0 N–H and O–H groups in total. The van der Waals surface area contributed by atoms with Gasteiger partial charge in [0.15, 0.2) is 11.8 Å². The molecule has 4 heteroatoms. The molecule has 0 saturated heterocycles. The number of fused-ring (bicyclic) bond motifs is 3. The zero-order valence-electron chi connectivity index (χ0n) is 13.2. The van der Waals surface area contributed by atoms with Crippen molar-refractivity contribution < 1.29 is 8.98 Å². The van der Waals surface area contributed by atoms with Gasteiger partial charge in [0.05, 0.1) is 5.56 Å². The van der Waals surface area contributed by atoms with Crippen LogP contribution < -0.4 is 4.57 Å². The second-order valence-corrected chi connectivity index (χ2v) is 5.80. The molecule has 0 aliphatic heterocycles. The van der Waals surface area contributed by atoms with Crippen LogP contribution in [0.1, 0.15) is 11.4 Å². The maximum absolute atomic E-state index is 6.13. The summed E-state index contributed by atoms with van der Waals surface area (Å²) >= 11 is 0. The van der Waals surface area contributed by atoms with Gasteiger partial charge in [-0.15, -0.1) is 0 Å². The maximum atomic E-state index is 6.13. The molecule has 0 saturated carbocycles. The lowest BCUT2D eigenvalue weighted by Gasteiger charge is -2.05. The Kier molecular flexibility index (Phi) is 2.64. The quantitative estimate of drug-likeness (QED) is 0.504. The minimum absolute atomic E-state index is 0.709. The van der Waals surface area contributed by atoms with E-state index < -0.39 is 0 Å². The number of aryl methyl sites for hydroxylation is 4. The summed E-state index contributed by atoms with van der Waals surface area (Å²) in [4.78, 5) is 4.53. The van der Waals surface area contributed by atoms with Crippen LogP contribution in [-0.4, -0.2) is 9.55 Å². The van der Waals surface area contributed by atoms with E-state index in [1.54, 1.807) is 0 Å². The van der Waals surface area contributed by atoms with Crippen molar-refractivity contribution in [1.29, 1.82) is 0 Å². The lowest BCUT2D eigenvalue weighted by Crippen LogP contribution is -2.30. The molecule has 110 valence electrons. The van der Waals surface area contributed by atoms with Crippen molar-refractivity contribution in [1.82, 2.24) is 9.55 Å². The van der Waals surface area contributed by atoms with E-state index in [9.17, 15) is 0 Å². The van der Waals surface area contributed by atoms with E-state index in [1.165, 1.54) is 5.56 Å². The SMILES string of the molecule is Cc1ccc2c(oc3nc(C)n(C)c32)c1-c1cccc[n+]1C. The molecule has 4 aromatic rings. The first kappa shape index (κ1) is 13.1. The molecule has 0 unspecified atom stereocenters. The fraction of sp³-hybridized carbons (Fsp3) is 0.222. The van der Waals surface area contributed by atoms with E-state index >= 15 is 0 Å². The Bertz CT molecular complexity index is 1020. The Morgan fingerprint density at radius 3 is 2.73 bits per heavy atom. The van der Waals surface area contributed by atoms with Crippen LogP contribution in [0.3, 0.4) is 0 Å². The summed E-state index contributed by atoms with van der Waals surface area (Å²) in [5.74, 6) is 0.961. The van der Waals surface area contributed by atoms with E-state index in [4.69, 9.17) is 4.42 Å². The Hall–Kier alpha value is -2.62. The van der Waals surface area contributed by atoms with Gasteiger partial charge >= 0.3 is 0 Å². The molecular weight excluding hydrogens is 274 g/mol. The van der Waals surface area contributed by atoms with Crippen LogP contribution in [0.15, 0.2) is 40.9 Å². The van der Waals surface area contributed by atoms with Gasteiger partial charge in [0.25, 0.3) is 0 Å². The number of hydrogen-bond acceptors (Lipinski definition) is 2. The summed E-state index contributed by atoms with van der Waals surface area (Å²) in [6.07, 6.45) is 2.05. The molecule has 3 aromatic heterocycles. The van der Waals surface area contributed by atoms with Crippen molar-refractivity contribution in [3.8, 4) is 11.3 Å². The molecule has 0 spiro atoms. The number of benzene rings is 1. The maximum Gasteiger partial charge on any atom is 0.246 e. The molecule has 0 fully saturated rings. The molecule has 22 heavy (non-hydrogen) atoms. The topological polar surface area (TPSA) is 34.8 Å². The predicted octanol–water partition coefficient (Wildman–Crippen LogP) is 3.43. The zero-order valence-corrected chi connectivity index (χ0v) is 13.2. The number of furan rings is 1. The Morgan fingerprint density at radius 1 is 1.14 bits per heavy atom. The van der Waals surface area contributed by atoms with Gasteiger partial charge in [-0.2, -0.15) is 4.98 Å². The second-order valence-electron chi connectivity index (χ2n) is 5.80. The first-order chi connectivity index (χ1) is 10.6. The van der Waals surface area contributed by atoms with Crippen LogP contribution in [0.4, 0.5) is 0 Å². The van der Waals surface area contributed by atoms with E-state index in [0.29, 0.717) is 5.71 Å². The molecule has 0 aliphatic rings. The van der Waals surface area contributed by atoms with Crippen LogP contribution in [0.5, 0.6) is 0 Å². The molecule has 0 radical (unpaired) electrons. The van der Waals surface area contributed by atoms with Gasteiger partial charge in [0.1, 0.15) is 18.4 Å². The number of imidazole rings is 1. The second kappa shape index (κ2) is 4.44. The fourth-order valence-corrected chi connectivity index (χ4v) is 3.12. The molecule has 0 amide bonds. The van der Waals surface area contributed by atoms with Gasteiger partial charge in [-0.25, -0.2) is 4.57 Å². The number of aromatic nitrogens is 3. The van der Waals surface area contributed by atoms with Crippen molar-refractivity contribution in [2.75, 3.05) is 0 Å². The molecule has 0 bridgehead atoms. The third kappa shape index (κ3) is 1.64. The highest BCUT2D eigenvalue weighted by atomic mass is 16.3. The van der Waals surface area contributed by atoms with Gasteiger partial charge in [0.2, 0.25) is 11.4 Å². The van der Waals surface area contributed by atoms with Crippen molar-refractivity contribution in [3.05, 3.63) is 47.9 Å². The molecule has 0 aliphatic carbocycles. The number of nitrogens with zero attached hydrogens (tertiary/aromatic N) is 3. The summed E-state index contributed by atoms with van der Waals surface area (Å²) in [5, 5.41) is 1.11. The molecular formula is C18H18N3O+. The highest BCUT2D eigenvalue weighted by Gasteiger charge is 2.22. The monoisotopic (exact) mass is 292 g/mol. The zero-order chi connectivity index (χ0) is 15.4. The van der Waals surface area contributed by atoms with Crippen LogP contribution in [0.2, 0.25) is 0 Å². The average molecular weight is 292 g/mol. The van der Waals surface area contributed by atoms with Crippen molar-refractivity contribution >= 4 is 22.2 Å². The molecule has 4 nitrogen and oxygen atoms in total. The Labute approximate surface area is 128 Å². The lowest BCUT2D eigenvalue weighted by molar-refractivity contribution is -0.660. The number of rotatable bonds is 1. The highest BCUT2D eigenvalue weighted by molar-refractivity contribution is 6.07. The van der Waals surface area contributed by atoms with Crippen molar-refractivity contribution in [3.63, 3.8) is 0 Å². The van der Waals surface area contributed by atoms with Gasteiger partial charge in [-0.1, -0.05) is 6.07 Å². The van der Waals surface area contributed by atoms with Crippen molar-refractivity contribution in [2.24, 2.45) is 14.1 Å². The average Bonchev–Trinajstić information content (AvgIpc) is 2.97. The molecule has 0 atom stereocenters. The number of pyridine rings is 1. The predicted molar refractivity (Wildman–Crippen MR) is 86.6 cm³/mol. The summed E-state index contributed by atoms with van der Waals surface area (Å²) in [6, 6.07) is 10.5. The first-order valence-electron chi connectivity index (χ1n) is 7.38. The van der Waals surface area contributed by atoms with Gasteiger partial charge in [-0.3, -0.25) is 0 Å². The van der Waals surface area contributed by atoms with Crippen LogP contribution >= 0.6 is 0 Å². The van der Waals surface area contributed by atoms with E-state index in [2.05, 4.69) is 58.6 Å². The molecule has 1 aromatic carbocycles. The minimum atomic E-state index is 0.709. The van der Waals surface area contributed by atoms with Gasteiger partial charge in [0, 0.05) is 24.6 Å². The fourth-order valence-electron chi connectivity index (χ4n) is 3.12. The summed E-state index contributed by atoms with van der Waals surface area (Å²) in [7, 11) is 4.08. The summed E-state index contributed by atoms with van der Waals surface area (Å²) in [6.45, 7) is 4.11. The largest absolute Gasteiger partial charge is 0.435 e. The molecule has 4 rings (SSSR count). The van der Waals surface area contributed by atoms with E-state index in [0.717, 1.165) is 33.6 Å². The Morgan fingerprint density at radius 2 is 1.95 bits per heavy atom. The smallest absolute Gasteiger partial charge is 0.246 e. The molecule has 3 heterocycles. The lowest BCUT2D eigenvalue weighted by atomic mass is 10.0. The van der Waals surface area contributed by atoms with Gasteiger partial charge < -0.3 is 8.98 Å². The highest BCUT2D eigenvalue weighted by Crippen LogP contribution is 2.36. The van der Waals surface area contributed by atoms with Crippen molar-refractivity contribution in [2.45, 2.75) is 13.8 Å². The van der Waals surface area contributed by atoms with Gasteiger partial charge in [-0.05, 0) is 31.5 Å². The number of hydrogen-bond donors (Lipinski definition) is 0. The van der Waals surface area contributed by atoms with E-state index in [-0.39, 0.29) is 0 Å². The standard InChI is InChI=1S/C18H18N3O/c1-11-8-9-13-16-18(19-12(2)21(16)4)22-17(13)15(11)14-7-5-6-10-20(14)3/h5-10H,1-4H3/q+1. The first-order valence-corrected chi connectivity index (χ1v) is 7.38. The minimum Gasteiger partial charge on any atom is -0.435 e. The van der Waals surface area contributed by atoms with Crippen LogP contribution in [-0.2, 0) is 14.1 Å². The summed E-state index contributed by atoms with van der Waals surface area (Å²) < 4.78 is 10.3. The third-order valence-corrected chi connectivity index (χ3v) is 4.42. The normalized spacial score (nSPS) is 11.6. The van der Waals surface area contributed by atoms with Crippen LogP contribution in [0, 0.1) is 13.8 Å². The van der Waals surface area contributed by atoms with E-state index in [1.807, 2.05) is 20.0 Å². The van der Waals surface area contributed by atoms with Crippen LogP contribution in [0.25, 0.3) is 33.5 Å².